The Hall–Kier alpha value is -0.740. The van der Waals surface area contributed by atoms with Crippen molar-refractivity contribution in [3.05, 3.63) is 61.5 Å². The average Bonchev–Trinajstić information content (AvgIpc) is 2.47. The van der Waals surface area contributed by atoms with Gasteiger partial charge in [0, 0.05) is 10.0 Å². The molecule has 2 rings (SSSR count). The van der Waals surface area contributed by atoms with Gasteiger partial charge < -0.3 is 10.1 Å². The van der Waals surface area contributed by atoms with Gasteiger partial charge in [-0.25, -0.2) is 0 Å². The maximum atomic E-state index is 6.36. The topological polar surface area (TPSA) is 21.3 Å². The zero-order valence-corrected chi connectivity index (χ0v) is 15.1. The molecule has 21 heavy (non-hydrogen) atoms. The molecule has 0 bridgehead atoms. The lowest BCUT2D eigenvalue weighted by Gasteiger charge is -2.22. The minimum absolute atomic E-state index is 0.108. The molecule has 2 aromatic carbocycles. The first-order valence-electron chi connectivity index (χ1n) is 6.44. The number of aryl methyl sites for hydroxylation is 1. The Bertz CT molecular complexity index is 661. The molecule has 0 radical (unpaired) electrons. The van der Waals surface area contributed by atoms with Crippen LogP contribution in [0.15, 0.2) is 34.8 Å². The normalized spacial score (nSPS) is 12.3. The number of hydrogen-bond acceptors (Lipinski definition) is 2. The van der Waals surface area contributed by atoms with E-state index in [0.717, 1.165) is 26.9 Å². The van der Waals surface area contributed by atoms with Gasteiger partial charge in [0.05, 0.1) is 23.2 Å². The molecule has 0 aliphatic heterocycles. The second kappa shape index (κ2) is 7.01. The summed E-state index contributed by atoms with van der Waals surface area (Å²) in [6.45, 7) is 2.02. The van der Waals surface area contributed by atoms with Crippen molar-refractivity contribution in [3.63, 3.8) is 0 Å². The summed E-state index contributed by atoms with van der Waals surface area (Å²) in [4.78, 5) is 0. The molecule has 0 fully saturated rings. The van der Waals surface area contributed by atoms with Crippen LogP contribution in [0.1, 0.15) is 22.7 Å². The van der Waals surface area contributed by atoms with Crippen LogP contribution in [0.25, 0.3) is 0 Å². The fourth-order valence-corrected chi connectivity index (χ4v) is 3.07. The molecule has 0 heterocycles. The zero-order valence-electron chi connectivity index (χ0n) is 12.0. The molecule has 1 N–H and O–H groups in total. The van der Waals surface area contributed by atoms with Crippen molar-refractivity contribution in [2.75, 3.05) is 14.2 Å². The maximum absolute atomic E-state index is 6.36. The van der Waals surface area contributed by atoms with Gasteiger partial charge >= 0.3 is 0 Å². The molecule has 0 spiro atoms. The molecule has 0 amide bonds. The first kappa shape index (κ1) is 16.6. The molecular weight excluding hydrogens is 373 g/mol. The molecule has 0 aliphatic rings. The third-order valence-corrected chi connectivity index (χ3v) is 5.09. The van der Waals surface area contributed by atoms with E-state index < -0.39 is 0 Å². The summed E-state index contributed by atoms with van der Waals surface area (Å²) < 4.78 is 6.54. The molecule has 112 valence electrons. The monoisotopic (exact) mass is 387 g/mol. The van der Waals surface area contributed by atoms with E-state index in [1.165, 1.54) is 0 Å². The Kier molecular flexibility index (Phi) is 5.55. The molecule has 2 nitrogen and oxygen atoms in total. The van der Waals surface area contributed by atoms with Gasteiger partial charge in [0.2, 0.25) is 0 Å². The highest BCUT2D eigenvalue weighted by Crippen LogP contribution is 2.38. The Balaban J connectivity index is 2.61. The summed E-state index contributed by atoms with van der Waals surface area (Å²) in [5.41, 5.74) is 3.03. The van der Waals surface area contributed by atoms with Crippen LogP contribution < -0.4 is 10.1 Å². The minimum atomic E-state index is -0.108. The molecule has 0 saturated heterocycles. The maximum Gasteiger partial charge on any atom is 0.124 e. The molecule has 2 aromatic rings. The van der Waals surface area contributed by atoms with Gasteiger partial charge in [-0.05, 0) is 43.3 Å². The standard InChI is InChI=1S/C16H16BrCl2NO/c1-9-7-14(21-3)11(8-12(9)17)16(20-2)10-5-4-6-13(18)15(10)19/h4-8,16,20H,1-3H3. The summed E-state index contributed by atoms with van der Waals surface area (Å²) >= 11 is 16.1. The lowest BCUT2D eigenvalue weighted by atomic mass is 9.97. The van der Waals surface area contributed by atoms with Crippen LogP contribution in [-0.2, 0) is 0 Å². The van der Waals surface area contributed by atoms with Crippen molar-refractivity contribution in [2.45, 2.75) is 13.0 Å². The van der Waals surface area contributed by atoms with E-state index in [1.54, 1.807) is 13.2 Å². The van der Waals surface area contributed by atoms with Gasteiger partial charge in [0.1, 0.15) is 5.75 Å². The van der Waals surface area contributed by atoms with E-state index in [2.05, 4.69) is 21.2 Å². The number of ether oxygens (including phenoxy) is 1. The Morgan fingerprint density at radius 2 is 1.90 bits per heavy atom. The molecular formula is C16H16BrCl2NO. The van der Waals surface area contributed by atoms with Crippen LogP contribution in [0.3, 0.4) is 0 Å². The summed E-state index contributed by atoms with van der Waals surface area (Å²) in [6, 6.07) is 9.58. The highest BCUT2D eigenvalue weighted by Gasteiger charge is 2.21. The SMILES string of the molecule is CNC(c1cc(Br)c(C)cc1OC)c1cccc(Cl)c1Cl. The molecule has 0 saturated carbocycles. The predicted molar refractivity (Wildman–Crippen MR) is 92.8 cm³/mol. The third-order valence-electron chi connectivity index (χ3n) is 3.40. The minimum Gasteiger partial charge on any atom is -0.496 e. The van der Waals surface area contributed by atoms with Crippen LogP contribution in [-0.4, -0.2) is 14.2 Å². The Morgan fingerprint density at radius 3 is 2.52 bits per heavy atom. The fraction of sp³-hybridized carbons (Fsp3) is 0.250. The third kappa shape index (κ3) is 3.37. The van der Waals surface area contributed by atoms with Crippen molar-refractivity contribution in [1.29, 1.82) is 0 Å². The molecule has 5 heteroatoms. The summed E-state index contributed by atoms with van der Waals surface area (Å²) in [7, 11) is 3.55. The van der Waals surface area contributed by atoms with E-state index >= 15 is 0 Å². The highest BCUT2D eigenvalue weighted by molar-refractivity contribution is 9.10. The zero-order chi connectivity index (χ0) is 15.6. The van der Waals surface area contributed by atoms with Crippen molar-refractivity contribution < 1.29 is 4.74 Å². The largest absolute Gasteiger partial charge is 0.496 e. The quantitative estimate of drug-likeness (QED) is 0.758. The second-order valence-electron chi connectivity index (χ2n) is 4.71. The fourth-order valence-electron chi connectivity index (χ4n) is 2.29. The van der Waals surface area contributed by atoms with Crippen molar-refractivity contribution in [1.82, 2.24) is 5.32 Å². The predicted octanol–water partition coefficient (Wildman–Crippen LogP) is 5.38. The first-order chi connectivity index (χ1) is 9.99. The second-order valence-corrected chi connectivity index (χ2v) is 6.35. The smallest absolute Gasteiger partial charge is 0.124 e. The van der Waals surface area contributed by atoms with Gasteiger partial charge in [-0.15, -0.1) is 0 Å². The summed E-state index contributed by atoms with van der Waals surface area (Å²) in [6.07, 6.45) is 0. The van der Waals surface area contributed by atoms with Crippen molar-refractivity contribution in [2.24, 2.45) is 0 Å². The van der Waals surface area contributed by atoms with E-state index in [0.29, 0.717) is 10.0 Å². The molecule has 0 aromatic heterocycles. The van der Waals surface area contributed by atoms with E-state index in [-0.39, 0.29) is 6.04 Å². The summed E-state index contributed by atoms with van der Waals surface area (Å²) in [5, 5.41) is 4.37. The van der Waals surface area contributed by atoms with E-state index in [1.807, 2.05) is 38.2 Å². The van der Waals surface area contributed by atoms with Crippen LogP contribution in [0.4, 0.5) is 0 Å². The average molecular weight is 389 g/mol. The summed E-state index contributed by atoms with van der Waals surface area (Å²) in [5.74, 6) is 0.811. The van der Waals surface area contributed by atoms with Crippen molar-refractivity contribution >= 4 is 39.1 Å². The number of nitrogens with one attached hydrogen (secondary N) is 1. The molecule has 1 unspecified atom stereocenters. The lowest BCUT2D eigenvalue weighted by molar-refractivity contribution is 0.405. The number of benzene rings is 2. The van der Waals surface area contributed by atoms with Gasteiger partial charge in [-0.1, -0.05) is 51.3 Å². The Morgan fingerprint density at radius 1 is 1.19 bits per heavy atom. The Labute approximate surface area is 143 Å². The van der Waals surface area contributed by atoms with Crippen LogP contribution in [0, 0.1) is 6.92 Å². The molecule has 0 aliphatic carbocycles. The van der Waals surface area contributed by atoms with E-state index in [9.17, 15) is 0 Å². The van der Waals surface area contributed by atoms with Crippen LogP contribution in [0.2, 0.25) is 10.0 Å². The van der Waals surface area contributed by atoms with Crippen LogP contribution in [0.5, 0.6) is 5.75 Å². The van der Waals surface area contributed by atoms with Crippen LogP contribution >= 0.6 is 39.1 Å². The van der Waals surface area contributed by atoms with Gasteiger partial charge in [0.15, 0.2) is 0 Å². The van der Waals surface area contributed by atoms with Gasteiger partial charge in [0.25, 0.3) is 0 Å². The number of methoxy groups -OCH3 is 1. The van der Waals surface area contributed by atoms with Gasteiger partial charge in [-0.3, -0.25) is 0 Å². The lowest BCUT2D eigenvalue weighted by Crippen LogP contribution is -2.19. The van der Waals surface area contributed by atoms with Gasteiger partial charge in [-0.2, -0.15) is 0 Å². The molecule has 1 atom stereocenters. The van der Waals surface area contributed by atoms with E-state index in [4.69, 9.17) is 27.9 Å². The number of rotatable bonds is 4. The van der Waals surface area contributed by atoms with Crippen molar-refractivity contribution in [3.8, 4) is 5.75 Å². The highest BCUT2D eigenvalue weighted by atomic mass is 79.9. The number of halogens is 3. The first-order valence-corrected chi connectivity index (χ1v) is 7.99. The number of hydrogen-bond donors (Lipinski definition) is 1.